The lowest BCUT2D eigenvalue weighted by Crippen LogP contribution is -2.42. The molecule has 0 aliphatic carbocycles. The average Bonchev–Trinajstić information content (AvgIpc) is 2.97. The van der Waals surface area contributed by atoms with Gasteiger partial charge in [-0.3, -0.25) is 4.79 Å². The maximum absolute atomic E-state index is 11.3. The molecule has 0 radical (unpaired) electrons. The summed E-state index contributed by atoms with van der Waals surface area (Å²) in [5.41, 5.74) is 1.37. The van der Waals surface area contributed by atoms with Gasteiger partial charge in [-0.05, 0) is 43.8 Å². The molecular weight excluding hydrogens is 288 g/mol. The molecule has 2 atom stereocenters. The van der Waals surface area contributed by atoms with Gasteiger partial charge in [0.15, 0.2) is 0 Å². The Morgan fingerprint density at radius 2 is 2.04 bits per heavy atom. The van der Waals surface area contributed by atoms with Crippen LogP contribution in [0.3, 0.4) is 0 Å². The molecule has 23 heavy (non-hydrogen) atoms. The van der Waals surface area contributed by atoms with Crippen LogP contribution in [-0.2, 0) is 5.41 Å². The van der Waals surface area contributed by atoms with Crippen molar-refractivity contribution >= 4 is 0 Å². The topological polar surface area (TPSA) is 49.2 Å². The molecule has 0 amide bonds. The first kappa shape index (κ1) is 16.1. The summed E-state index contributed by atoms with van der Waals surface area (Å²) in [6.07, 6.45) is 3.17. The summed E-state index contributed by atoms with van der Waals surface area (Å²) < 4.78 is 5.35. The van der Waals surface area contributed by atoms with E-state index in [0.29, 0.717) is 12.0 Å². The standard InChI is InChI=1S/C19H26N2O2/c1-19(2,15-7-5-4-6-8-15)13-16-11-14(9-10-21(16)3)17-12-18(22)20-23-17/h4-8,12,14,16H,9-11,13H2,1-3H3,(H,20,22)/t14-,16+/m1/s1. The predicted octanol–water partition coefficient (Wildman–Crippen LogP) is 3.51. The van der Waals surface area contributed by atoms with Crippen LogP contribution >= 0.6 is 0 Å². The van der Waals surface area contributed by atoms with Gasteiger partial charge in [0.25, 0.3) is 5.56 Å². The van der Waals surface area contributed by atoms with Crippen LogP contribution in [0.4, 0.5) is 0 Å². The van der Waals surface area contributed by atoms with E-state index in [1.165, 1.54) is 5.56 Å². The minimum absolute atomic E-state index is 0.126. The van der Waals surface area contributed by atoms with E-state index in [0.717, 1.165) is 31.6 Å². The minimum atomic E-state index is -0.139. The predicted molar refractivity (Wildman–Crippen MR) is 91.8 cm³/mol. The van der Waals surface area contributed by atoms with Crippen molar-refractivity contribution in [1.29, 1.82) is 0 Å². The number of aromatic nitrogens is 1. The van der Waals surface area contributed by atoms with Gasteiger partial charge >= 0.3 is 0 Å². The van der Waals surface area contributed by atoms with E-state index in [-0.39, 0.29) is 11.0 Å². The highest BCUT2D eigenvalue weighted by Gasteiger charge is 2.33. The third-order valence-corrected chi connectivity index (χ3v) is 5.26. The summed E-state index contributed by atoms with van der Waals surface area (Å²) in [4.78, 5) is 13.8. The number of piperidine rings is 1. The van der Waals surface area contributed by atoms with Crippen molar-refractivity contribution in [3.63, 3.8) is 0 Å². The molecule has 4 heteroatoms. The summed E-state index contributed by atoms with van der Waals surface area (Å²) in [5.74, 6) is 1.15. The van der Waals surface area contributed by atoms with Crippen molar-refractivity contribution < 1.29 is 4.52 Å². The van der Waals surface area contributed by atoms with E-state index >= 15 is 0 Å². The van der Waals surface area contributed by atoms with Crippen molar-refractivity contribution in [2.45, 2.75) is 50.5 Å². The summed E-state index contributed by atoms with van der Waals surface area (Å²) >= 11 is 0. The molecule has 4 nitrogen and oxygen atoms in total. The largest absolute Gasteiger partial charge is 0.383 e. The number of nitrogens with zero attached hydrogens (tertiary/aromatic N) is 1. The monoisotopic (exact) mass is 314 g/mol. The highest BCUT2D eigenvalue weighted by atomic mass is 16.5. The Kier molecular flexibility index (Phi) is 4.44. The second-order valence-corrected chi connectivity index (χ2v) is 7.42. The smallest absolute Gasteiger partial charge is 0.280 e. The fraction of sp³-hybridized carbons (Fsp3) is 0.526. The highest BCUT2D eigenvalue weighted by Crippen LogP contribution is 2.37. The van der Waals surface area contributed by atoms with Gasteiger partial charge in [0, 0.05) is 18.0 Å². The zero-order valence-corrected chi connectivity index (χ0v) is 14.2. The van der Waals surface area contributed by atoms with Crippen molar-refractivity contribution in [2.24, 2.45) is 0 Å². The van der Waals surface area contributed by atoms with Gasteiger partial charge in [0.1, 0.15) is 5.76 Å². The van der Waals surface area contributed by atoms with Crippen molar-refractivity contribution in [2.75, 3.05) is 13.6 Å². The first-order valence-corrected chi connectivity index (χ1v) is 8.40. The van der Waals surface area contributed by atoms with E-state index in [1.54, 1.807) is 6.07 Å². The lowest BCUT2D eigenvalue weighted by atomic mass is 9.75. The fourth-order valence-electron chi connectivity index (χ4n) is 3.76. The maximum Gasteiger partial charge on any atom is 0.280 e. The van der Waals surface area contributed by atoms with Gasteiger partial charge in [0.05, 0.1) is 0 Å². The van der Waals surface area contributed by atoms with Gasteiger partial charge in [-0.2, -0.15) is 5.16 Å². The number of likely N-dealkylation sites (tertiary alicyclic amines) is 1. The zero-order chi connectivity index (χ0) is 16.4. The fourth-order valence-corrected chi connectivity index (χ4v) is 3.76. The van der Waals surface area contributed by atoms with E-state index in [4.69, 9.17) is 4.52 Å². The summed E-state index contributed by atoms with van der Waals surface area (Å²) in [7, 11) is 2.20. The van der Waals surface area contributed by atoms with Gasteiger partial charge < -0.3 is 9.42 Å². The average molecular weight is 314 g/mol. The van der Waals surface area contributed by atoms with Crippen LogP contribution < -0.4 is 5.56 Å². The molecule has 0 spiro atoms. The normalized spacial score (nSPS) is 23.1. The quantitative estimate of drug-likeness (QED) is 0.939. The number of benzene rings is 1. The van der Waals surface area contributed by atoms with Crippen LogP contribution in [0.15, 0.2) is 45.7 Å². The van der Waals surface area contributed by atoms with Gasteiger partial charge in [0.2, 0.25) is 0 Å². The second kappa shape index (κ2) is 6.36. The molecule has 1 aliphatic rings. The van der Waals surface area contributed by atoms with Crippen molar-refractivity contribution in [3.8, 4) is 0 Å². The zero-order valence-electron chi connectivity index (χ0n) is 14.2. The number of H-pyrrole nitrogens is 1. The molecule has 1 fully saturated rings. The molecule has 1 aliphatic heterocycles. The van der Waals surface area contributed by atoms with E-state index in [9.17, 15) is 4.79 Å². The van der Waals surface area contributed by atoms with Gasteiger partial charge in [-0.15, -0.1) is 0 Å². The Labute approximate surface area is 137 Å². The molecule has 0 unspecified atom stereocenters. The second-order valence-electron chi connectivity index (χ2n) is 7.42. The molecule has 2 heterocycles. The van der Waals surface area contributed by atoms with Crippen LogP contribution in [0.5, 0.6) is 0 Å². The summed E-state index contributed by atoms with van der Waals surface area (Å²) in [6, 6.07) is 12.8. The Bertz CT molecular complexity index is 687. The van der Waals surface area contributed by atoms with E-state index < -0.39 is 0 Å². The number of hydrogen-bond acceptors (Lipinski definition) is 3. The number of hydrogen-bond donors (Lipinski definition) is 1. The van der Waals surface area contributed by atoms with Crippen molar-refractivity contribution in [3.05, 3.63) is 58.1 Å². The SMILES string of the molecule is CN1CC[C@@H](c2cc(=O)[nH]o2)C[C@H]1CC(C)(C)c1ccccc1. The van der Waals surface area contributed by atoms with Crippen molar-refractivity contribution in [1.82, 2.24) is 10.1 Å². The first-order valence-electron chi connectivity index (χ1n) is 8.40. The lowest BCUT2D eigenvalue weighted by molar-refractivity contribution is 0.130. The van der Waals surface area contributed by atoms with E-state index in [1.807, 2.05) is 0 Å². The molecule has 124 valence electrons. The Hall–Kier alpha value is -1.81. The maximum atomic E-state index is 11.3. The Morgan fingerprint density at radius 1 is 1.30 bits per heavy atom. The van der Waals surface area contributed by atoms with Crippen LogP contribution in [0.2, 0.25) is 0 Å². The van der Waals surface area contributed by atoms with Crippen LogP contribution in [-0.4, -0.2) is 29.7 Å². The molecule has 0 bridgehead atoms. The third kappa shape index (κ3) is 3.58. The minimum Gasteiger partial charge on any atom is -0.383 e. The van der Waals surface area contributed by atoms with E-state index in [2.05, 4.69) is 61.3 Å². The van der Waals surface area contributed by atoms with Gasteiger partial charge in [-0.25, -0.2) is 0 Å². The van der Waals surface area contributed by atoms with Crippen LogP contribution in [0.1, 0.15) is 50.4 Å². The number of nitrogens with one attached hydrogen (secondary N) is 1. The first-order chi connectivity index (χ1) is 11.0. The molecule has 2 aromatic rings. The molecule has 1 saturated heterocycles. The Morgan fingerprint density at radius 3 is 2.70 bits per heavy atom. The third-order valence-electron chi connectivity index (χ3n) is 5.26. The summed E-state index contributed by atoms with van der Waals surface area (Å²) in [5, 5.41) is 2.42. The molecule has 1 N–H and O–H groups in total. The molecule has 1 aromatic heterocycles. The number of aromatic amines is 1. The number of rotatable bonds is 4. The molecule has 1 aromatic carbocycles. The molecule has 0 saturated carbocycles. The summed E-state index contributed by atoms with van der Waals surface area (Å²) in [6.45, 7) is 5.67. The van der Waals surface area contributed by atoms with Crippen LogP contribution in [0, 0.1) is 0 Å². The molecule has 3 rings (SSSR count). The van der Waals surface area contributed by atoms with Crippen LogP contribution in [0.25, 0.3) is 0 Å². The molecular formula is C19H26N2O2. The Balaban J connectivity index is 1.74. The highest BCUT2D eigenvalue weighted by molar-refractivity contribution is 5.24. The van der Waals surface area contributed by atoms with Gasteiger partial charge in [-0.1, -0.05) is 44.2 Å². The lowest BCUT2D eigenvalue weighted by Gasteiger charge is -2.40.